The summed E-state index contributed by atoms with van der Waals surface area (Å²) in [4.78, 5) is 11.2. The van der Waals surface area contributed by atoms with E-state index in [4.69, 9.17) is 11.0 Å². The maximum atomic E-state index is 11.2. The van der Waals surface area contributed by atoms with Gasteiger partial charge in [-0.1, -0.05) is 90.8 Å². The first-order valence-electron chi connectivity index (χ1n) is 18.1. The topological polar surface area (TPSA) is 29.5 Å². The molecule has 0 aromatic heterocycles. The molecular weight excluding hydrogens is 569 g/mol. The third-order valence-electron chi connectivity index (χ3n) is 13.7. The highest BCUT2D eigenvalue weighted by atomic mass is 28.4. The molecule has 3 aliphatic rings. The Morgan fingerprint density at radius 1 is 1.07 bits per heavy atom. The SMILES string of the molecule is C=C(C)CC[C@@H](C)[C@@H](C)C1CCC2/C(=C/C=C3\C[C@@H](CC(C)(C)[Si](C)(C)O)C(=C)[C@H](O[Si](C)(C)C(C)(C)C)C3)CCC[C@@]21C. The van der Waals surface area contributed by atoms with Gasteiger partial charge in [0.25, 0.3) is 0 Å². The molecule has 44 heavy (non-hydrogen) atoms. The summed E-state index contributed by atoms with van der Waals surface area (Å²) in [5.41, 5.74) is 6.26. The number of allylic oxidation sites excluding steroid dienone is 4. The molecule has 3 fully saturated rings. The van der Waals surface area contributed by atoms with Gasteiger partial charge in [-0.05, 0) is 148 Å². The zero-order chi connectivity index (χ0) is 33.5. The molecule has 7 atom stereocenters. The van der Waals surface area contributed by atoms with Gasteiger partial charge in [-0.2, -0.15) is 0 Å². The molecule has 0 amide bonds. The Morgan fingerprint density at radius 2 is 1.70 bits per heavy atom. The summed E-state index contributed by atoms with van der Waals surface area (Å²) in [5.74, 6) is 3.42. The predicted octanol–water partition coefficient (Wildman–Crippen LogP) is 12.4. The molecule has 1 N–H and O–H groups in total. The van der Waals surface area contributed by atoms with Crippen molar-refractivity contribution in [3.8, 4) is 0 Å². The van der Waals surface area contributed by atoms with Gasteiger partial charge in [0.2, 0.25) is 0 Å². The van der Waals surface area contributed by atoms with Crippen LogP contribution in [0.15, 0.2) is 47.6 Å². The van der Waals surface area contributed by atoms with Crippen LogP contribution >= 0.6 is 0 Å². The first-order valence-corrected chi connectivity index (χ1v) is 24.0. The molecule has 2 nitrogen and oxygen atoms in total. The molecule has 3 saturated carbocycles. The van der Waals surface area contributed by atoms with E-state index in [0.717, 1.165) is 42.9 Å². The van der Waals surface area contributed by atoms with Crippen molar-refractivity contribution in [1.82, 2.24) is 0 Å². The second kappa shape index (κ2) is 13.8. The fourth-order valence-corrected chi connectivity index (χ4v) is 10.6. The van der Waals surface area contributed by atoms with E-state index in [1.807, 2.05) is 0 Å². The van der Waals surface area contributed by atoms with Gasteiger partial charge in [0.1, 0.15) is 0 Å². The monoisotopic (exact) mass is 641 g/mol. The lowest BCUT2D eigenvalue weighted by Gasteiger charge is -2.46. The van der Waals surface area contributed by atoms with Crippen LogP contribution in [0, 0.1) is 35.0 Å². The van der Waals surface area contributed by atoms with E-state index in [0.29, 0.717) is 11.3 Å². The molecule has 0 aromatic rings. The van der Waals surface area contributed by atoms with Gasteiger partial charge < -0.3 is 9.22 Å². The summed E-state index contributed by atoms with van der Waals surface area (Å²) in [5, 5.41) is 0.0847. The Hall–Kier alpha value is -0.686. The lowest BCUT2D eigenvalue weighted by Crippen LogP contribution is -2.46. The maximum absolute atomic E-state index is 11.2. The van der Waals surface area contributed by atoms with Crippen LogP contribution in [0.2, 0.25) is 36.3 Å². The van der Waals surface area contributed by atoms with Crippen LogP contribution in [0.4, 0.5) is 0 Å². The average molecular weight is 641 g/mol. The van der Waals surface area contributed by atoms with E-state index in [2.05, 4.69) is 107 Å². The highest BCUT2D eigenvalue weighted by molar-refractivity contribution is 6.74. The van der Waals surface area contributed by atoms with Crippen LogP contribution in [-0.4, -0.2) is 27.5 Å². The quantitative estimate of drug-likeness (QED) is 0.180. The minimum Gasteiger partial charge on any atom is -0.432 e. The van der Waals surface area contributed by atoms with E-state index >= 15 is 0 Å². The molecule has 0 saturated heterocycles. The van der Waals surface area contributed by atoms with Gasteiger partial charge in [0, 0.05) is 0 Å². The molecular formula is C40H72O2Si2. The largest absolute Gasteiger partial charge is 0.432 e. The van der Waals surface area contributed by atoms with E-state index in [1.165, 1.54) is 61.7 Å². The van der Waals surface area contributed by atoms with Crippen molar-refractivity contribution in [2.24, 2.45) is 35.0 Å². The van der Waals surface area contributed by atoms with E-state index in [9.17, 15) is 4.80 Å². The minimum absolute atomic E-state index is 0.0765. The Morgan fingerprint density at radius 3 is 2.27 bits per heavy atom. The third kappa shape index (κ3) is 8.42. The van der Waals surface area contributed by atoms with Crippen LogP contribution in [0.1, 0.15) is 127 Å². The van der Waals surface area contributed by atoms with E-state index in [-0.39, 0.29) is 16.2 Å². The zero-order valence-corrected chi connectivity index (χ0v) is 33.5. The van der Waals surface area contributed by atoms with Crippen LogP contribution in [0.3, 0.4) is 0 Å². The molecule has 0 aliphatic heterocycles. The molecule has 3 rings (SSSR count). The van der Waals surface area contributed by atoms with Crippen LogP contribution in [0.25, 0.3) is 0 Å². The second-order valence-corrected chi connectivity index (χ2v) is 27.9. The summed E-state index contributed by atoms with van der Waals surface area (Å²) in [6, 6.07) is 0. The summed E-state index contributed by atoms with van der Waals surface area (Å²) in [6.45, 7) is 39.2. The lowest BCUT2D eigenvalue weighted by molar-refractivity contribution is 0.0743. The van der Waals surface area contributed by atoms with Gasteiger partial charge in [0.15, 0.2) is 16.6 Å². The molecule has 252 valence electrons. The predicted molar refractivity (Wildman–Crippen MR) is 199 cm³/mol. The second-order valence-electron chi connectivity index (χ2n) is 18.7. The van der Waals surface area contributed by atoms with Crippen molar-refractivity contribution in [3.63, 3.8) is 0 Å². The van der Waals surface area contributed by atoms with Crippen LogP contribution in [0.5, 0.6) is 0 Å². The maximum Gasteiger partial charge on any atom is 0.192 e. The fourth-order valence-electron chi connectivity index (χ4n) is 8.52. The molecule has 2 unspecified atom stereocenters. The average Bonchev–Trinajstić information content (AvgIpc) is 3.23. The molecule has 0 heterocycles. The van der Waals surface area contributed by atoms with Crippen molar-refractivity contribution < 1.29 is 9.22 Å². The Kier molecular flexibility index (Phi) is 11.9. The van der Waals surface area contributed by atoms with Crippen molar-refractivity contribution in [3.05, 3.63) is 47.6 Å². The van der Waals surface area contributed by atoms with Crippen LogP contribution < -0.4 is 0 Å². The standard InChI is InChI=1S/C40H72O2Si2/c1-28(2)18-19-29(3)30(4)35-22-23-36-33(17-16-24-40(35,36)11)21-20-32-25-34(27-39(9,10)43(12,13)41)31(5)37(26-32)42-44(14,15)38(6,7)8/h20-21,29-30,34-37,41H,1,5,16-19,22-27H2,2-4,6-15H3/b32-20+,33-21+/t29-,30-,34+,35?,36?,37-,40-/m1/s1. The molecule has 0 bridgehead atoms. The lowest BCUT2D eigenvalue weighted by atomic mass is 9.59. The molecule has 3 aliphatic carbocycles. The van der Waals surface area contributed by atoms with Crippen molar-refractivity contribution in [1.29, 1.82) is 0 Å². The van der Waals surface area contributed by atoms with Gasteiger partial charge in [-0.3, -0.25) is 0 Å². The van der Waals surface area contributed by atoms with Crippen LogP contribution in [-0.2, 0) is 4.43 Å². The third-order valence-corrected chi connectivity index (χ3v) is 21.7. The Balaban J connectivity index is 1.88. The van der Waals surface area contributed by atoms with Gasteiger partial charge in [-0.25, -0.2) is 0 Å². The number of hydrogen-bond donors (Lipinski definition) is 1. The van der Waals surface area contributed by atoms with E-state index < -0.39 is 16.6 Å². The summed E-state index contributed by atoms with van der Waals surface area (Å²) in [6.07, 6.45) is 17.3. The fraction of sp³-hybridized carbons (Fsp3) is 0.800. The molecule has 4 heteroatoms. The summed E-state index contributed by atoms with van der Waals surface area (Å²) >= 11 is 0. The molecule has 0 aromatic carbocycles. The van der Waals surface area contributed by atoms with Crippen molar-refractivity contribution in [2.45, 2.75) is 169 Å². The minimum atomic E-state index is -2.33. The number of rotatable bonds is 11. The van der Waals surface area contributed by atoms with Gasteiger partial charge in [0.05, 0.1) is 6.10 Å². The van der Waals surface area contributed by atoms with E-state index in [1.54, 1.807) is 5.57 Å². The summed E-state index contributed by atoms with van der Waals surface area (Å²) < 4.78 is 7.11. The highest BCUT2D eigenvalue weighted by Crippen LogP contribution is 2.60. The van der Waals surface area contributed by atoms with Gasteiger partial charge >= 0.3 is 0 Å². The normalized spacial score (nSPS) is 32.2. The van der Waals surface area contributed by atoms with Crippen molar-refractivity contribution in [2.75, 3.05) is 0 Å². The van der Waals surface area contributed by atoms with Gasteiger partial charge in [-0.15, -0.1) is 6.58 Å². The Labute approximate surface area is 276 Å². The number of hydrogen-bond acceptors (Lipinski definition) is 2. The first kappa shape index (κ1) is 37.8. The molecule has 0 spiro atoms. The number of fused-ring (bicyclic) bond motifs is 1. The first-order chi connectivity index (χ1) is 20.0. The summed E-state index contributed by atoms with van der Waals surface area (Å²) in [7, 11) is -4.29. The van der Waals surface area contributed by atoms with Crippen molar-refractivity contribution >= 4 is 16.6 Å². The Bertz CT molecular complexity index is 1060. The zero-order valence-electron chi connectivity index (χ0n) is 31.5. The highest BCUT2D eigenvalue weighted by Gasteiger charge is 2.51. The smallest absolute Gasteiger partial charge is 0.192 e. The molecule has 0 radical (unpaired) electrons.